The van der Waals surface area contributed by atoms with Crippen molar-refractivity contribution in [2.45, 2.75) is 44.9 Å². The van der Waals surface area contributed by atoms with Crippen LogP contribution in [0.4, 0.5) is 0 Å². The fourth-order valence-electron chi connectivity index (χ4n) is 5.12. The van der Waals surface area contributed by atoms with Crippen molar-refractivity contribution < 1.29 is 9.59 Å². The molecule has 0 N–H and O–H groups in total. The summed E-state index contributed by atoms with van der Waals surface area (Å²) in [5, 5.41) is 0. The fraction of sp³-hybridized carbons (Fsp3) is 0.650. The van der Waals surface area contributed by atoms with Gasteiger partial charge in [0.25, 0.3) is 0 Å². The minimum atomic E-state index is 0.0424. The highest BCUT2D eigenvalue weighted by molar-refractivity contribution is 5.97. The van der Waals surface area contributed by atoms with Gasteiger partial charge in [0.15, 0.2) is 5.78 Å². The average Bonchev–Trinajstić information content (AvgIpc) is 3.25. The highest BCUT2D eigenvalue weighted by atomic mass is 16.2. The Balaban J connectivity index is 1.28. The van der Waals surface area contributed by atoms with Crippen LogP contribution in [0, 0.1) is 23.7 Å². The van der Waals surface area contributed by atoms with Gasteiger partial charge < -0.3 is 4.90 Å². The van der Waals surface area contributed by atoms with Crippen LogP contribution in [0.5, 0.6) is 0 Å². The molecule has 1 aromatic heterocycles. The van der Waals surface area contributed by atoms with Crippen LogP contribution in [0.2, 0.25) is 0 Å². The number of likely N-dealkylation sites (tertiary alicyclic amines) is 1. The molecule has 1 aliphatic heterocycles. The van der Waals surface area contributed by atoms with Gasteiger partial charge in [-0.1, -0.05) is 6.42 Å². The Labute approximate surface area is 143 Å². The van der Waals surface area contributed by atoms with E-state index in [1.807, 2.05) is 11.0 Å². The molecule has 1 amide bonds. The molecule has 3 aliphatic rings. The first-order valence-corrected chi connectivity index (χ1v) is 9.42. The number of fused-ring (bicyclic) bond motifs is 2. The van der Waals surface area contributed by atoms with Gasteiger partial charge in [0.05, 0.1) is 0 Å². The fourth-order valence-corrected chi connectivity index (χ4v) is 5.12. The Hall–Kier alpha value is -1.71. The first-order chi connectivity index (χ1) is 11.7. The molecule has 3 fully saturated rings. The third-order valence-electron chi connectivity index (χ3n) is 6.49. The summed E-state index contributed by atoms with van der Waals surface area (Å²) < 4.78 is 0. The van der Waals surface area contributed by atoms with Crippen molar-refractivity contribution in [3.05, 3.63) is 30.1 Å². The van der Waals surface area contributed by atoms with Crippen LogP contribution in [-0.2, 0) is 4.79 Å². The number of hydrogen-bond donors (Lipinski definition) is 0. The largest absolute Gasteiger partial charge is 0.343 e. The second-order valence-corrected chi connectivity index (χ2v) is 7.90. The lowest BCUT2D eigenvalue weighted by molar-refractivity contribution is -0.133. The Morgan fingerprint density at radius 2 is 1.96 bits per heavy atom. The molecule has 2 heterocycles. The molecular formula is C20H26N2O2. The molecule has 2 saturated carbocycles. The Kier molecular flexibility index (Phi) is 4.38. The molecule has 3 unspecified atom stereocenters. The lowest BCUT2D eigenvalue weighted by atomic mass is 9.85. The SMILES string of the molecule is O=C(c1cccnc1)C1CCN(C(=O)CC2CC3CCC2C3)CC1. The van der Waals surface area contributed by atoms with Crippen LogP contribution in [0.1, 0.15) is 55.3 Å². The second-order valence-electron chi connectivity index (χ2n) is 7.90. The van der Waals surface area contributed by atoms with Crippen LogP contribution >= 0.6 is 0 Å². The van der Waals surface area contributed by atoms with Gasteiger partial charge >= 0.3 is 0 Å². The predicted octanol–water partition coefficient (Wildman–Crippen LogP) is 3.33. The molecular weight excluding hydrogens is 300 g/mol. The number of carbonyl (C=O) groups is 2. The quantitative estimate of drug-likeness (QED) is 0.798. The molecule has 1 aromatic rings. The first kappa shape index (κ1) is 15.8. The third-order valence-corrected chi connectivity index (χ3v) is 6.49. The number of aromatic nitrogens is 1. The molecule has 3 atom stereocenters. The normalized spacial score (nSPS) is 29.8. The number of nitrogens with zero attached hydrogens (tertiary/aromatic N) is 2. The van der Waals surface area contributed by atoms with Gasteiger partial charge in [-0.2, -0.15) is 0 Å². The highest BCUT2D eigenvalue weighted by Crippen LogP contribution is 2.49. The average molecular weight is 326 g/mol. The molecule has 128 valence electrons. The minimum absolute atomic E-state index is 0.0424. The van der Waals surface area contributed by atoms with Crippen LogP contribution in [0.15, 0.2) is 24.5 Å². The smallest absolute Gasteiger partial charge is 0.222 e. The van der Waals surface area contributed by atoms with Gasteiger partial charge in [-0.05, 0) is 62.0 Å². The number of rotatable bonds is 4. The van der Waals surface area contributed by atoms with E-state index >= 15 is 0 Å². The number of carbonyl (C=O) groups excluding carboxylic acids is 2. The molecule has 4 rings (SSSR count). The van der Waals surface area contributed by atoms with Crippen molar-refractivity contribution in [1.29, 1.82) is 0 Å². The topological polar surface area (TPSA) is 50.3 Å². The van der Waals surface area contributed by atoms with Crippen molar-refractivity contribution in [3.8, 4) is 0 Å². The van der Waals surface area contributed by atoms with Crippen molar-refractivity contribution in [3.63, 3.8) is 0 Å². The highest BCUT2D eigenvalue weighted by Gasteiger charge is 2.41. The monoisotopic (exact) mass is 326 g/mol. The molecule has 2 bridgehead atoms. The van der Waals surface area contributed by atoms with Crippen LogP contribution in [0.25, 0.3) is 0 Å². The van der Waals surface area contributed by atoms with Gasteiger partial charge in [-0.15, -0.1) is 0 Å². The van der Waals surface area contributed by atoms with E-state index in [0.29, 0.717) is 17.4 Å². The molecule has 0 aromatic carbocycles. The number of pyridine rings is 1. The zero-order chi connectivity index (χ0) is 16.5. The lowest BCUT2D eigenvalue weighted by Gasteiger charge is -2.33. The van der Waals surface area contributed by atoms with E-state index in [9.17, 15) is 9.59 Å². The predicted molar refractivity (Wildman–Crippen MR) is 91.4 cm³/mol. The second kappa shape index (κ2) is 6.66. The van der Waals surface area contributed by atoms with E-state index in [1.165, 1.54) is 25.7 Å². The maximum Gasteiger partial charge on any atom is 0.222 e. The van der Waals surface area contributed by atoms with Crippen molar-refractivity contribution in [2.24, 2.45) is 23.7 Å². The van der Waals surface area contributed by atoms with E-state index in [1.54, 1.807) is 18.5 Å². The van der Waals surface area contributed by atoms with Crippen molar-refractivity contribution in [2.75, 3.05) is 13.1 Å². The standard InChI is InChI=1S/C20H26N2O2/c23-19(12-18-11-14-3-4-16(18)10-14)22-8-5-15(6-9-22)20(24)17-2-1-7-21-13-17/h1-2,7,13-16,18H,3-6,8-12H2. The van der Waals surface area contributed by atoms with E-state index < -0.39 is 0 Å². The van der Waals surface area contributed by atoms with E-state index in [-0.39, 0.29) is 11.7 Å². The zero-order valence-electron chi connectivity index (χ0n) is 14.2. The summed E-state index contributed by atoms with van der Waals surface area (Å²) in [5.74, 6) is 2.88. The summed E-state index contributed by atoms with van der Waals surface area (Å²) in [7, 11) is 0. The van der Waals surface area contributed by atoms with E-state index in [4.69, 9.17) is 0 Å². The van der Waals surface area contributed by atoms with E-state index in [0.717, 1.165) is 44.2 Å². The van der Waals surface area contributed by atoms with Crippen molar-refractivity contribution >= 4 is 11.7 Å². The zero-order valence-corrected chi connectivity index (χ0v) is 14.2. The van der Waals surface area contributed by atoms with Crippen LogP contribution in [0.3, 0.4) is 0 Å². The number of amides is 1. The molecule has 2 aliphatic carbocycles. The molecule has 1 saturated heterocycles. The van der Waals surface area contributed by atoms with E-state index in [2.05, 4.69) is 4.98 Å². The van der Waals surface area contributed by atoms with Gasteiger partial charge in [-0.3, -0.25) is 14.6 Å². The Morgan fingerprint density at radius 3 is 2.58 bits per heavy atom. The van der Waals surface area contributed by atoms with Gasteiger partial charge in [0.2, 0.25) is 5.91 Å². The summed E-state index contributed by atoms with van der Waals surface area (Å²) in [5.41, 5.74) is 0.698. The van der Waals surface area contributed by atoms with Gasteiger partial charge in [0.1, 0.15) is 0 Å². The third kappa shape index (κ3) is 3.11. The summed E-state index contributed by atoms with van der Waals surface area (Å²) in [6.45, 7) is 1.46. The summed E-state index contributed by atoms with van der Waals surface area (Å²) in [6, 6.07) is 3.64. The van der Waals surface area contributed by atoms with Crippen LogP contribution in [-0.4, -0.2) is 34.7 Å². The maximum absolute atomic E-state index is 12.6. The van der Waals surface area contributed by atoms with Crippen LogP contribution < -0.4 is 0 Å². The minimum Gasteiger partial charge on any atom is -0.343 e. The number of ketones is 1. The number of hydrogen-bond acceptors (Lipinski definition) is 3. The Bertz CT molecular complexity index is 607. The maximum atomic E-state index is 12.6. The molecule has 4 heteroatoms. The number of piperidine rings is 1. The Morgan fingerprint density at radius 1 is 1.12 bits per heavy atom. The summed E-state index contributed by atoms with van der Waals surface area (Å²) in [6.07, 6.45) is 11.0. The summed E-state index contributed by atoms with van der Waals surface area (Å²) >= 11 is 0. The number of Topliss-reactive ketones (excluding diaryl/α,β-unsaturated/α-hetero) is 1. The molecule has 4 nitrogen and oxygen atoms in total. The molecule has 0 radical (unpaired) electrons. The first-order valence-electron chi connectivity index (χ1n) is 9.42. The van der Waals surface area contributed by atoms with Crippen molar-refractivity contribution in [1.82, 2.24) is 9.88 Å². The van der Waals surface area contributed by atoms with Gasteiger partial charge in [0, 0.05) is 43.4 Å². The summed E-state index contributed by atoms with van der Waals surface area (Å²) in [4.78, 5) is 31.1. The van der Waals surface area contributed by atoms with Gasteiger partial charge in [-0.25, -0.2) is 0 Å². The molecule has 24 heavy (non-hydrogen) atoms. The molecule has 0 spiro atoms. The lowest BCUT2D eigenvalue weighted by Crippen LogP contribution is -2.41.